The molecule has 23 heavy (non-hydrogen) atoms. The fourth-order valence-electron chi connectivity index (χ4n) is 2.33. The molecule has 1 aliphatic heterocycles. The second kappa shape index (κ2) is 8.49. The van der Waals surface area contributed by atoms with Gasteiger partial charge >= 0.3 is 5.97 Å². The Morgan fingerprint density at radius 3 is 2.70 bits per heavy atom. The summed E-state index contributed by atoms with van der Waals surface area (Å²) in [6.07, 6.45) is -0.0412. The van der Waals surface area contributed by atoms with Crippen molar-refractivity contribution in [1.29, 1.82) is 0 Å². The number of hydrogen-bond acceptors (Lipinski definition) is 5. The molecule has 1 heterocycles. The normalized spacial score (nSPS) is 16.7. The van der Waals surface area contributed by atoms with Crippen LogP contribution in [0.1, 0.15) is 6.42 Å². The quantitative estimate of drug-likeness (QED) is 0.815. The van der Waals surface area contributed by atoms with Crippen molar-refractivity contribution in [2.75, 3.05) is 38.7 Å². The van der Waals surface area contributed by atoms with Crippen LogP contribution >= 0.6 is 23.2 Å². The molecule has 0 radical (unpaired) electrons. The van der Waals surface area contributed by atoms with Crippen molar-refractivity contribution in [1.82, 2.24) is 4.90 Å². The molecular formula is C15H18Cl2N2O4. The maximum Gasteiger partial charge on any atom is 0.307 e. The first-order valence-corrected chi connectivity index (χ1v) is 7.92. The molecule has 0 aliphatic carbocycles. The number of hydrogen-bond donors (Lipinski definition) is 1. The van der Waals surface area contributed by atoms with E-state index in [0.717, 1.165) is 0 Å². The highest BCUT2D eigenvalue weighted by molar-refractivity contribution is 6.44. The Morgan fingerprint density at radius 2 is 2.04 bits per heavy atom. The molecule has 1 unspecified atom stereocenters. The van der Waals surface area contributed by atoms with E-state index in [1.165, 1.54) is 7.11 Å². The van der Waals surface area contributed by atoms with Crippen LogP contribution in [0.4, 0.5) is 5.69 Å². The van der Waals surface area contributed by atoms with Crippen molar-refractivity contribution in [2.24, 2.45) is 0 Å². The van der Waals surface area contributed by atoms with E-state index < -0.39 is 12.0 Å². The molecule has 1 aliphatic rings. The van der Waals surface area contributed by atoms with Gasteiger partial charge in [-0.1, -0.05) is 29.3 Å². The van der Waals surface area contributed by atoms with Crippen LogP contribution in [0.2, 0.25) is 10.0 Å². The Kier molecular flexibility index (Phi) is 6.65. The molecule has 2 rings (SSSR count). The monoisotopic (exact) mass is 360 g/mol. The summed E-state index contributed by atoms with van der Waals surface area (Å²) in [4.78, 5) is 26.2. The van der Waals surface area contributed by atoms with Crippen molar-refractivity contribution in [3.8, 4) is 0 Å². The lowest BCUT2D eigenvalue weighted by Crippen LogP contribution is -2.50. The van der Waals surface area contributed by atoms with Gasteiger partial charge in [0, 0.05) is 13.1 Å². The molecule has 1 atom stereocenters. The average Bonchev–Trinajstić information content (AvgIpc) is 2.57. The molecule has 1 aromatic rings. The van der Waals surface area contributed by atoms with Crippen molar-refractivity contribution >= 4 is 40.8 Å². The third kappa shape index (κ3) is 4.81. The summed E-state index contributed by atoms with van der Waals surface area (Å²) in [5.74, 6) is -0.782. The first-order valence-electron chi connectivity index (χ1n) is 7.16. The minimum Gasteiger partial charge on any atom is -0.469 e. The van der Waals surface area contributed by atoms with Gasteiger partial charge in [0.2, 0.25) is 5.91 Å². The number of halogens is 2. The Bertz CT molecular complexity index is 577. The number of benzene rings is 1. The van der Waals surface area contributed by atoms with Crippen molar-refractivity contribution < 1.29 is 19.1 Å². The summed E-state index contributed by atoms with van der Waals surface area (Å²) >= 11 is 12.0. The van der Waals surface area contributed by atoms with Crippen LogP contribution in [-0.2, 0) is 19.1 Å². The summed E-state index contributed by atoms with van der Waals surface area (Å²) < 4.78 is 9.98. The van der Waals surface area contributed by atoms with Gasteiger partial charge in [-0.15, -0.1) is 0 Å². The molecule has 1 saturated heterocycles. The van der Waals surface area contributed by atoms with Gasteiger partial charge in [0.25, 0.3) is 0 Å². The van der Waals surface area contributed by atoms with E-state index >= 15 is 0 Å². The zero-order valence-corrected chi connectivity index (χ0v) is 14.2. The Morgan fingerprint density at radius 1 is 1.35 bits per heavy atom. The van der Waals surface area contributed by atoms with Crippen molar-refractivity contribution in [2.45, 2.75) is 12.5 Å². The number of rotatable bonds is 5. The Balaban J connectivity index is 2.14. The zero-order valence-electron chi connectivity index (χ0n) is 12.7. The van der Waals surface area contributed by atoms with Gasteiger partial charge in [-0.3, -0.25) is 14.5 Å². The molecule has 1 aromatic carbocycles. The van der Waals surface area contributed by atoms with Crippen LogP contribution in [0.25, 0.3) is 0 Å². The fourth-order valence-corrected chi connectivity index (χ4v) is 2.68. The van der Waals surface area contributed by atoms with E-state index in [1.807, 2.05) is 4.90 Å². The third-order valence-electron chi connectivity index (χ3n) is 3.59. The molecule has 1 amide bonds. The fraction of sp³-hybridized carbons (Fsp3) is 0.467. The second-order valence-electron chi connectivity index (χ2n) is 5.04. The van der Waals surface area contributed by atoms with Crippen LogP contribution in [0.15, 0.2) is 18.2 Å². The van der Waals surface area contributed by atoms with Gasteiger partial charge < -0.3 is 14.8 Å². The second-order valence-corrected chi connectivity index (χ2v) is 5.82. The van der Waals surface area contributed by atoms with Gasteiger partial charge in [0.1, 0.15) is 6.04 Å². The third-order valence-corrected chi connectivity index (χ3v) is 4.41. The minimum absolute atomic E-state index is 0.0412. The van der Waals surface area contributed by atoms with E-state index in [4.69, 9.17) is 32.7 Å². The van der Waals surface area contributed by atoms with Crippen LogP contribution < -0.4 is 5.32 Å². The molecule has 8 heteroatoms. The lowest BCUT2D eigenvalue weighted by molar-refractivity contribution is -0.145. The topological polar surface area (TPSA) is 67.9 Å². The lowest BCUT2D eigenvalue weighted by Gasteiger charge is -2.33. The van der Waals surface area contributed by atoms with E-state index in [9.17, 15) is 9.59 Å². The predicted molar refractivity (Wildman–Crippen MR) is 87.9 cm³/mol. The highest BCUT2D eigenvalue weighted by Gasteiger charge is 2.30. The summed E-state index contributed by atoms with van der Waals surface area (Å²) in [7, 11) is 1.30. The molecule has 1 N–H and O–H groups in total. The molecule has 6 nitrogen and oxygen atoms in total. The van der Waals surface area contributed by atoms with Crippen LogP contribution in [0, 0.1) is 0 Å². The molecule has 0 bridgehead atoms. The molecule has 0 saturated carbocycles. The van der Waals surface area contributed by atoms with Gasteiger partial charge in [-0.05, 0) is 12.1 Å². The van der Waals surface area contributed by atoms with Gasteiger partial charge in [-0.25, -0.2) is 0 Å². The van der Waals surface area contributed by atoms with E-state index in [0.29, 0.717) is 37.0 Å². The summed E-state index contributed by atoms with van der Waals surface area (Å²) in [5, 5.41) is 3.34. The number of morpholine rings is 1. The summed E-state index contributed by atoms with van der Waals surface area (Å²) in [5.41, 5.74) is 0.410. The first-order chi connectivity index (χ1) is 11.0. The number of anilines is 1. The standard InChI is InChI=1S/C15H18Cl2N2O4/c1-22-13(20)9-12(19-5-7-23-8-6-19)15(21)18-11-4-2-3-10(16)14(11)17/h2-4,12H,5-9H2,1H3,(H,18,21). The lowest BCUT2D eigenvalue weighted by atomic mass is 10.1. The maximum atomic E-state index is 12.6. The number of amides is 1. The molecule has 0 spiro atoms. The predicted octanol–water partition coefficient (Wildman–Crippen LogP) is 2.20. The van der Waals surface area contributed by atoms with Gasteiger partial charge in [-0.2, -0.15) is 0 Å². The van der Waals surface area contributed by atoms with E-state index in [-0.39, 0.29) is 17.4 Å². The smallest absolute Gasteiger partial charge is 0.307 e. The largest absolute Gasteiger partial charge is 0.469 e. The van der Waals surface area contributed by atoms with Crippen molar-refractivity contribution in [3.63, 3.8) is 0 Å². The van der Waals surface area contributed by atoms with E-state index in [2.05, 4.69) is 5.32 Å². The van der Waals surface area contributed by atoms with E-state index in [1.54, 1.807) is 18.2 Å². The maximum absolute atomic E-state index is 12.6. The Labute approximate surface area is 144 Å². The first kappa shape index (κ1) is 18.0. The number of nitrogens with zero attached hydrogens (tertiary/aromatic N) is 1. The molecule has 1 fully saturated rings. The summed E-state index contributed by atoms with van der Waals surface area (Å²) in [6, 6.07) is 4.32. The molecule has 0 aromatic heterocycles. The highest BCUT2D eigenvalue weighted by Crippen LogP contribution is 2.29. The van der Waals surface area contributed by atoms with Crippen molar-refractivity contribution in [3.05, 3.63) is 28.2 Å². The number of carbonyl (C=O) groups is 2. The molecular weight excluding hydrogens is 343 g/mol. The number of nitrogens with one attached hydrogen (secondary N) is 1. The number of methoxy groups -OCH3 is 1. The number of carbonyl (C=O) groups excluding carboxylic acids is 2. The minimum atomic E-state index is -0.651. The summed E-state index contributed by atoms with van der Waals surface area (Å²) in [6.45, 7) is 2.17. The SMILES string of the molecule is COC(=O)CC(C(=O)Nc1cccc(Cl)c1Cl)N1CCOCC1. The zero-order chi connectivity index (χ0) is 16.8. The van der Waals surface area contributed by atoms with Gasteiger partial charge in [0.15, 0.2) is 0 Å². The van der Waals surface area contributed by atoms with Crippen LogP contribution in [-0.4, -0.2) is 56.2 Å². The Hall–Kier alpha value is -1.34. The number of esters is 1. The van der Waals surface area contributed by atoms with Crippen LogP contribution in [0.3, 0.4) is 0 Å². The molecule has 126 valence electrons. The number of ether oxygens (including phenoxy) is 2. The highest BCUT2D eigenvalue weighted by atomic mass is 35.5. The average molecular weight is 361 g/mol. The van der Waals surface area contributed by atoms with Gasteiger partial charge in [0.05, 0.1) is 42.5 Å². The van der Waals surface area contributed by atoms with Crippen LogP contribution in [0.5, 0.6) is 0 Å².